The molecule has 0 bridgehead atoms. The number of Topliss-reactive ketones (excluding diaryl/α,β-unsaturated/α-hetero) is 2. The molecule has 0 aliphatic heterocycles. The number of rotatable bonds is 15. The van der Waals surface area contributed by atoms with Gasteiger partial charge < -0.3 is 15.4 Å². The van der Waals surface area contributed by atoms with E-state index in [0.29, 0.717) is 19.1 Å². The van der Waals surface area contributed by atoms with E-state index >= 15 is 0 Å². The zero-order valence-corrected chi connectivity index (χ0v) is 27.6. The number of carbonyl (C=O) groups is 5. The second-order valence-corrected chi connectivity index (χ2v) is 13.8. The number of aldehydes is 1. The molecule has 2 amide bonds. The fraction of sp³-hybridized carbons (Fsp3) is 0.462. The Labute approximate surface area is 272 Å². The molecule has 244 valence electrons. The van der Waals surface area contributed by atoms with Crippen molar-refractivity contribution in [2.75, 3.05) is 0 Å². The van der Waals surface area contributed by atoms with Crippen molar-refractivity contribution in [3.05, 3.63) is 83.9 Å². The number of ketones is 2. The van der Waals surface area contributed by atoms with Gasteiger partial charge in [0.15, 0.2) is 5.78 Å². The van der Waals surface area contributed by atoms with Crippen LogP contribution in [0.15, 0.2) is 72.8 Å². The summed E-state index contributed by atoms with van der Waals surface area (Å²) in [6.07, 6.45) is 4.65. The molecule has 2 N–H and O–H groups in total. The molecule has 0 saturated heterocycles. The summed E-state index contributed by atoms with van der Waals surface area (Å²) < 4.78 is 0. The van der Waals surface area contributed by atoms with Crippen LogP contribution in [0.3, 0.4) is 0 Å². The Morgan fingerprint density at radius 3 is 2.30 bits per heavy atom. The van der Waals surface area contributed by atoms with E-state index in [1.54, 1.807) is 0 Å². The van der Waals surface area contributed by atoms with Crippen molar-refractivity contribution in [1.29, 1.82) is 0 Å². The predicted molar refractivity (Wildman–Crippen MR) is 181 cm³/mol. The molecule has 7 heteroatoms. The molecular formula is C39H48N2O5. The third kappa shape index (κ3) is 8.99. The summed E-state index contributed by atoms with van der Waals surface area (Å²) >= 11 is 0. The van der Waals surface area contributed by atoms with Crippen LogP contribution in [0.5, 0.6) is 0 Å². The number of hydrogen-bond acceptors (Lipinski definition) is 5. The zero-order chi connectivity index (χ0) is 33.3. The van der Waals surface area contributed by atoms with Gasteiger partial charge in [0.2, 0.25) is 11.8 Å². The molecule has 1 aliphatic carbocycles. The van der Waals surface area contributed by atoms with Gasteiger partial charge in [0.25, 0.3) is 0 Å². The maximum atomic E-state index is 14.2. The number of nitrogens with one attached hydrogen (secondary N) is 2. The second kappa shape index (κ2) is 15.9. The van der Waals surface area contributed by atoms with Crippen molar-refractivity contribution in [2.45, 2.75) is 96.6 Å². The van der Waals surface area contributed by atoms with E-state index in [1.165, 1.54) is 0 Å². The van der Waals surface area contributed by atoms with Crippen molar-refractivity contribution in [3.8, 4) is 0 Å². The van der Waals surface area contributed by atoms with Gasteiger partial charge in [-0.2, -0.15) is 0 Å². The van der Waals surface area contributed by atoms with Crippen molar-refractivity contribution in [2.24, 2.45) is 17.8 Å². The van der Waals surface area contributed by atoms with Gasteiger partial charge in [0, 0.05) is 31.1 Å². The van der Waals surface area contributed by atoms with Crippen LogP contribution in [-0.2, 0) is 35.8 Å². The minimum atomic E-state index is -0.902. The molecular weight excluding hydrogens is 576 g/mol. The maximum Gasteiger partial charge on any atom is 0.230 e. The van der Waals surface area contributed by atoms with Crippen molar-refractivity contribution < 1.29 is 24.0 Å². The minimum Gasteiger partial charge on any atom is -0.346 e. The van der Waals surface area contributed by atoms with Crippen LogP contribution >= 0.6 is 0 Å². The molecule has 1 aliphatic rings. The van der Waals surface area contributed by atoms with Gasteiger partial charge in [0.1, 0.15) is 12.1 Å². The normalized spacial score (nSPS) is 17.2. The molecule has 7 nitrogen and oxygen atoms in total. The Balaban J connectivity index is 1.57. The van der Waals surface area contributed by atoms with Crippen molar-refractivity contribution in [3.63, 3.8) is 0 Å². The van der Waals surface area contributed by atoms with E-state index in [1.807, 2.05) is 100 Å². The molecule has 46 heavy (non-hydrogen) atoms. The Hall–Kier alpha value is -4.13. The van der Waals surface area contributed by atoms with Gasteiger partial charge in [-0.25, -0.2) is 0 Å². The Morgan fingerprint density at radius 1 is 0.913 bits per heavy atom. The lowest BCUT2D eigenvalue weighted by Crippen LogP contribution is -2.50. The van der Waals surface area contributed by atoms with Crippen molar-refractivity contribution in [1.82, 2.24) is 10.6 Å². The van der Waals surface area contributed by atoms with Crippen LogP contribution in [0.2, 0.25) is 0 Å². The van der Waals surface area contributed by atoms with Gasteiger partial charge >= 0.3 is 0 Å². The average molecular weight is 625 g/mol. The van der Waals surface area contributed by atoms with E-state index in [4.69, 9.17) is 0 Å². The maximum absolute atomic E-state index is 14.2. The molecule has 0 heterocycles. The van der Waals surface area contributed by atoms with Gasteiger partial charge in [-0.3, -0.25) is 19.2 Å². The molecule has 0 radical (unpaired) electrons. The number of benzene rings is 3. The van der Waals surface area contributed by atoms with E-state index in [0.717, 1.165) is 41.2 Å². The summed E-state index contributed by atoms with van der Waals surface area (Å²) in [5.41, 5.74) is 0.857. The SMILES string of the molecule is CC(C)C[C@H](CC(=O)[C@H](Cc1cccc2ccccc12)NC(=O)C(C)(C)c1ccccc1)C(=O)N[C@H](C=O)C[C@@H]1CCCCC1=O. The van der Waals surface area contributed by atoms with Gasteiger partial charge in [-0.15, -0.1) is 0 Å². The first-order valence-corrected chi connectivity index (χ1v) is 16.6. The number of hydrogen-bond donors (Lipinski definition) is 2. The predicted octanol–water partition coefficient (Wildman–Crippen LogP) is 6.30. The summed E-state index contributed by atoms with van der Waals surface area (Å²) in [6, 6.07) is 21.7. The summed E-state index contributed by atoms with van der Waals surface area (Å²) in [5, 5.41) is 7.95. The molecule has 1 fully saturated rings. The van der Waals surface area contributed by atoms with E-state index < -0.39 is 23.4 Å². The fourth-order valence-corrected chi connectivity index (χ4v) is 6.56. The van der Waals surface area contributed by atoms with Gasteiger partial charge in [-0.1, -0.05) is 93.1 Å². The summed E-state index contributed by atoms with van der Waals surface area (Å²) in [4.78, 5) is 66.0. The molecule has 4 rings (SSSR count). The molecule has 0 aromatic heterocycles. The fourth-order valence-electron chi connectivity index (χ4n) is 6.56. The quantitative estimate of drug-likeness (QED) is 0.193. The number of fused-ring (bicyclic) bond motifs is 1. The smallest absolute Gasteiger partial charge is 0.230 e. The summed E-state index contributed by atoms with van der Waals surface area (Å²) in [7, 11) is 0. The molecule has 0 unspecified atom stereocenters. The summed E-state index contributed by atoms with van der Waals surface area (Å²) in [6.45, 7) is 7.65. The lowest BCUT2D eigenvalue weighted by Gasteiger charge is -2.29. The Morgan fingerprint density at radius 2 is 1.61 bits per heavy atom. The molecule has 3 aromatic carbocycles. The van der Waals surface area contributed by atoms with Crippen LogP contribution in [-0.4, -0.2) is 41.8 Å². The van der Waals surface area contributed by atoms with E-state index in [9.17, 15) is 24.0 Å². The molecule has 4 atom stereocenters. The highest BCUT2D eigenvalue weighted by Crippen LogP contribution is 2.27. The highest BCUT2D eigenvalue weighted by atomic mass is 16.2. The molecule has 1 saturated carbocycles. The Bertz CT molecular complexity index is 1520. The minimum absolute atomic E-state index is 0.0839. The Kier molecular flexibility index (Phi) is 12.0. The number of carbonyl (C=O) groups excluding carboxylic acids is 5. The summed E-state index contributed by atoms with van der Waals surface area (Å²) in [5.74, 6) is -1.56. The second-order valence-electron chi connectivity index (χ2n) is 13.8. The van der Waals surface area contributed by atoms with E-state index in [2.05, 4.69) is 10.6 Å². The van der Waals surface area contributed by atoms with Gasteiger partial charge in [0.05, 0.1) is 17.5 Å². The lowest BCUT2D eigenvalue weighted by molar-refractivity contribution is -0.134. The monoisotopic (exact) mass is 624 g/mol. The first-order chi connectivity index (χ1) is 22.0. The third-order valence-electron chi connectivity index (χ3n) is 9.35. The highest BCUT2D eigenvalue weighted by Gasteiger charge is 2.35. The lowest BCUT2D eigenvalue weighted by atomic mass is 9.82. The van der Waals surface area contributed by atoms with Crippen LogP contribution < -0.4 is 10.6 Å². The van der Waals surface area contributed by atoms with E-state index in [-0.39, 0.29) is 54.5 Å². The molecule has 3 aromatic rings. The van der Waals surface area contributed by atoms with Crippen molar-refractivity contribution >= 4 is 40.4 Å². The van der Waals surface area contributed by atoms with Crippen LogP contribution in [0, 0.1) is 17.8 Å². The van der Waals surface area contributed by atoms with Crippen LogP contribution in [0.1, 0.15) is 83.8 Å². The highest BCUT2D eigenvalue weighted by molar-refractivity contribution is 5.96. The average Bonchev–Trinajstić information content (AvgIpc) is 3.04. The standard InChI is InChI=1S/C39H48N2O5/c1-26(2)21-30(37(45)40-32(25-42)22-29-14-9-11-20-35(29)43)24-36(44)34(23-28-16-12-15-27-13-8-10-19-33(27)28)41-38(46)39(3,4)31-17-6-5-7-18-31/h5-8,10,12-13,15-19,25-26,29-30,32,34H,9,11,14,20-24H2,1-4H3,(H,40,45)(H,41,46)/t29-,30+,32-,34-/m0/s1. The first-order valence-electron chi connectivity index (χ1n) is 16.6. The topological polar surface area (TPSA) is 109 Å². The zero-order valence-electron chi connectivity index (χ0n) is 27.6. The van der Waals surface area contributed by atoms with Crippen LogP contribution in [0.4, 0.5) is 0 Å². The van der Waals surface area contributed by atoms with Crippen LogP contribution in [0.25, 0.3) is 10.8 Å². The first kappa shape index (κ1) is 34.7. The largest absolute Gasteiger partial charge is 0.346 e. The molecule has 0 spiro atoms. The van der Waals surface area contributed by atoms with Gasteiger partial charge in [-0.05, 0) is 67.3 Å². The number of amides is 2. The third-order valence-corrected chi connectivity index (χ3v) is 9.35.